The Kier molecular flexibility index (Phi) is 6.05. The molecule has 1 aliphatic rings. The Balaban J connectivity index is 1.94. The Bertz CT molecular complexity index is 810. The summed E-state index contributed by atoms with van der Waals surface area (Å²) in [5, 5.41) is 15.0. The van der Waals surface area contributed by atoms with Gasteiger partial charge in [0.15, 0.2) is 0 Å². The fourth-order valence-corrected chi connectivity index (χ4v) is 3.74. The summed E-state index contributed by atoms with van der Waals surface area (Å²) in [7, 11) is -2.07. The molecule has 2 N–H and O–H groups in total. The Labute approximate surface area is 154 Å². The van der Waals surface area contributed by atoms with Crippen molar-refractivity contribution in [2.75, 3.05) is 25.5 Å². The summed E-state index contributed by atoms with van der Waals surface area (Å²) in [4.78, 5) is 12.2. The molecule has 0 aromatic heterocycles. The van der Waals surface area contributed by atoms with Gasteiger partial charge in [0.25, 0.3) is 0 Å². The number of carbonyl (C=O) groups excluding carboxylic acids is 1. The number of anilines is 1. The molecule has 1 amide bonds. The lowest BCUT2D eigenvalue weighted by Crippen LogP contribution is -2.48. The first-order valence-electron chi connectivity index (χ1n) is 8.36. The number of nitrogens with zero attached hydrogens (tertiary/aromatic N) is 2. The lowest BCUT2D eigenvalue weighted by Gasteiger charge is -2.23. The van der Waals surface area contributed by atoms with Crippen molar-refractivity contribution in [2.24, 2.45) is 5.92 Å². The highest BCUT2D eigenvalue weighted by molar-refractivity contribution is 7.89. The van der Waals surface area contributed by atoms with Gasteiger partial charge < -0.3 is 10.6 Å². The van der Waals surface area contributed by atoms with E-state index in [0.717, 1.165) is 12.8 Å². The molecular weight excluding hydrogens is 352 g/mol. The molecule has 1 aromatic rings. The van der Waals surface area contributed by atoms with Crippen molar-refractivity contribution in [3.05, 3.63) is 36.9 Å². The molecule has 1 saturated carbocycles. The molecule has 2 rings (SSSR count). The summed E-state index contributed by atoms with van der Waals surface area (Å²) < 4.78 is 25.8. The van der Waals surface area contributed by atoms with Crippen LogP contribution in [0.25, 0.3) is 0 Å². The van der Waals surface area contributed by atoms with Gasteiger partial charge in [-0.25, -0.2) is 8.42 Å². The molecule has 1 fully saturated rings. The Hall–Kier alpha value is -2.37. The third-order valence-electron chi connectivity index (χ3n) is 4.43. The van der Waals surface area contributed by atoms with Crippen LogP contribution in [0.1, 0.15) is 19.8 Å². The van der Waals surface area contributed by atoms with Gasteiger partial charge in [-0.2, -0.15) is 9.57 Å². The molecule has 1 aromatic carbocycles. The van der Waals surface area contributed by atoms with Gasteiger partial charge in [0, 0.05) is 19.3 Å². The first kappa shape index (κ1) is 19.9. The first-order valence-corrected chi connectivity index (χ1v) is 9.80. The largest absolute Gasteiger partial charge is 0.376 e. The van der Waals surface area contributed by atoms with Gasteiger partial charge in [-0.05, 0) is 49.9 Å². The molecule has 0 heterocycles. The van der Waals surface area contributed by atoms with Crippen molar-refractivity contribution < 1.29 is 13.2 Å². The second kappa shape index (κ2) is 7.89. The Morgan fingerprint density at radius 1 is 1.42 bits per heavy atom. The van der Waals surface area contributed by atoms with Crippen molar-refractivity contribution in [1.82, 2.24) is 9.62 Å². The summed E-state index contributed by atoms with van der Waals surface area (Å²) >= 11 is 0. The molecule has 140 valence electrons. The number of benzene rings is 1. The lowest BCUT2D eigenvalue weighted by molar-refractivity contribution is -0.120. The fraction of sp³-hybridized carbons (Fsp3) is 0.444. The summed E-state index contributed by atoms with van der Waals surface area (Å²) in [5.41, 5.74) is -0.206. The molecule has 0 saturated heterocycles. The number of sulfonamides is 1. The smallest absolute Gasteiger partial charge is 0.243 e. The van der Waals surface area contributed by atoms with Gasteiger partial charge in [-0.15, -0.1) is 6.58 Å². The van der Waals surface area contributed by atoms with Crippen LogP contribution in [-0.4, -0.2) is 44.3 Å². The molecule has 8 heteroatoms. The fourth-order valence-electron chi connectivity index (χ4n) is 2.60. The van der Waals surface area contributed by atoms with Gasteiger partial charge in [-0.3, -0.25) is 4.79 Å². The monoisotopic (exact) mass is 376 g/mol. The maximum atomic E-state index is 12.3. The van der Waals surface area contributed by atoms with E-state index in [4.69, 9.17) is 0 Å². The molecule has 0 radical (unpaired) electrons. The third-order valence-corrected chi connectivity index (χ3v) is 6.26. The number of hydrogen-bond acceptors (Lipinski definition) is 5. The summed E-state index contributed by atoms with van der Waals surface area (Å²) in [6.07, 6.45) is 3.42. The molecule has 26 heavy (non-hydrogen) atoms. The standard InChI is InChI=1S/C18H24N4O3S/c1-4-11-22(3)26(24,25)16-9-7-15(8-10-16)20-12-17(23)21-18(2,13-19)14-5-6-14/h4,7-10,14,20H,1,5-6,11-12H2,2-3H3,(H,21,23). The van der Waals surface area contributed by atoms with Crippen molar-refractivity contribution in [2.45, 2.75) is 30.2 Å². The molecule has 0 bridgehead atoms. The van der Waals surface area contributed by atoms with E-state index in [-0.39, 0.29) is 29.8 Å². The summed E-state index contributed by atoms with van der Waals surface area (Å²) in [6, 6.07) is 8.35. The van der Waals surface area contributed by atoms with Gasteiger partial charge in [0.1, 0.15) is 5.54 Å². The predicted molar refractivity (Wildman–Crippen MR) is 99.8 cm³/mol. The topological polar surface area (TPSA) is 102 Å². The zero-order valence-electron chi connectivity index (χ0n) is 15.0. The minimum atomic E-state index is -3.56. The number of amides is 1. The lowest BCUT2D eigenvalue weighted by atomic mass is 9.98. The van der Waals surface area contributed by atoms with Crippen LogP contribution in [0.4, 0.5) is 5.69 Å². The minimum Gasteiger partial charge on any atom is -0.376 e. The van der Waals surface area contributed by atoms with Gasteiger partial charge in [0.2, 0.25) is 15.9 Å². The van der Waals surface area contributed by atoms with E-state index in [1.165, 1.54) is 29.6 Å². The number of likely N-dealkylation sites (N-methyl/N-ethyl adjacent to an activating group) is 1. The van der Waals surface area contributed by atoms with Crippen LogP contribution in [0, 0.1) is 17.2 Å². The van der Waals surface area contributed by atoms with E-state index in [1.54, 1.807) is 19.1 Å². The molecule has 7 nitrogen and oxygen atoms in total. The van der Waals surface area contributed by atoms with Crippen LogP contribution < -0.4 is 10.6 Å². The van der Waals surface area contributed by atoms with Crippen LogP contribution in [0.5, 0.6) is 0 Å². The minimum absolute atomic E-state index is 0.00640. The SMILES string of the molecule is C=CCN(C)S(=O)(=O)c1ccc(NCC(=O)NC(C)(C#N)C2CC2)cc1. The van der Waals surface area contributed by atoms with E-state index in [9.17, 15) is 18.5 Å². The van der Waals surface area contributed by atoms with Gasteiger partial charge in [-0.1, -0.05) is 6.08 Å². The predicted octanol–water partition coefficient (Wildman–Crippen LogP) is 1.71. The van der Waals surface area contributed by atoms with Gasteiger partial charge in [0.05, 0.1) is 17.5 Å². The third kappa shape index (κ3) is 4.62. The van der Waals surface area contributed by atoms with Crippen molar-refractivity contribution in [3.8, 4) is 6.07 Å². The number of nitrogens with one attached hydrogen (secondary N) is 2. The molecule has 1 atom stereocenters. The Morgan fingerprint density at radius 3 is 2.54 bits per heavy atom. The highest BCUT2D eigenvalue weighted by Crippen LogP contribution is 2.39. The normalized spacial score (nSPS) is 16.4. The second-order valence-corrected chi connectivity index (χ2v) is 8.63. The average molecular weight is 376 g/mol. The molecule has 0 spiro atoms. The highest BCUT2D eigenvalue weighted by atomic mass is 32.2. The molecule has 0 aliphatic heterocycles. The zero-order valence-corrected chi connectivity index (χ0v) is 15.8. The van der Waals surface area contributed by atoms with Gasteiger partial charge >= 0.3 is 0 Å². The molecular formula is C18H24N4O3S. The maximum Gasteiger partial charge on any atom is 0.243 e. The van der Waals surface area contributed by atoms with Crippen LogP contribution >= 0.6 is 0 Å². The first-order chi connectivity index (χ1) is 12.2. The molecule has 1 unspecified atom stereocenters. The van der Waals surface area contributed by atoms with E-state index in [2.05, 4.69) is 23.3 Å². The molecule has 1 aliphatic carbocycles. The number of carbonyl (C=O) groups is 1. The van der Waals surface area contributed by atoms with Crippen molar-refractivity contribution in [3.63, 3.8) is 0 Å². The second-order valence-electron chi connectivity index (χ2n) is 6.59. The van der Waals surface area contributed by atoms with Crippen molar-refractivity contribution in [1.29, 1.82) is 5.26 Å². The summed E-state index contributed by atoms with van der Waals surface area (Å²) in [5.74, 6) is -0.0585. The summed E-state index contributed by atoms with van der Waals surface area (Å²) in [6.45, 7) is 5.50. The van der Waals surface area contributed by atoms with E-state index in [0.29, 0.717) is 5.69 Å². The van der Waals surface area contributed by atoms with Crippen LogP contribution in [0.3, 0.4) is 0 Å². The van der Waals surface area contributed by atoms with Crippen LogP contribution in [-0.2, 0) is 14.8 Å². The van der Waals surface area contributed by atoms with E-state index in [1.807, 2.05) is 0 Å². The van der Waals surface area contributed by atoms with E-state index >= 15 is 0 Å². The number of hydrogen-bond donors (Lipinski definition) is 2. The number of nitriles is 1. The maximum absolute atomic E-state index is 12.3. The Morgan fingerprint density at radius 2 is 2.04 bits per heavy atom. The highest BCUT2D eigenvalue weighted by Gasteiger charge is 2.42. The van der Waals surface area contributed by atoms with Crippen LogP contribution in [0.2, 0.25) is 0 Å². The van der Waals surface area contributed by atoms with Crippen LogP contribution in [0.15, 0.2) is 41.8 Å². The quantitative estimate of drug-likeness (QED) is 0.639. The number of rotatable bonds is 9. The van der Waals surface area contributed by atoms with Crippen molar-refractivity contribution >= 4 is 21.6 Å². The average Bonchev–Trinajstić information content (AvgIpc) is 3.46. The van der Waals surface area contributed by atoms with E-state index < -0.39 is 15.6 Å². The zero-order chi connectivity index (χ0) is 19.4.